The lowest BCUT2D eigenvalue weighted by Crippen LogP contribution is -2.58. The van der Waals surface area contributed by atoms with E-state index in [-0.39, 0.29) is 5.97 Å². The maximum absolute atomic E-state index is 12.9. The van der Waals surface area contributed by atoms with Gasteiger partial charge >= 0.3 is 11.9 Å². The van der Waals surface area contributed by atoms with Gasteiger partial charge in [-0.25, -0.2) is 4.79 Å². The number of aliphatic hydroxyl groups is 1. The van der Waals surface area contributed by atoms with Crippen LogP contribution in [0.15, 0.2) is 12.7 Å². The summed E-state index contributed by atoms with van der Waals surface area (Å²) in [6.45, 7) is 5.42. The Hall–Kier alpha value is -1.36. The van der Waals surface area contributed by atoms with Gasteiger partial charge in [0.2, 0.25) is 6.29 Å². The monoisotopic (exact) mass is 336 g/mol. The average Bonchev–Trinajstić information content (AvgIpc) is 2.49. The molecule has 5 heteroatoms. The van der Waals surface area contributed by atoms with E-state index in [1.807, 2.05) is 6.92 Å². The minimum atomic E-state index is -0.856. The van der Waals surface area contributed by atoms with Crippen LogP contribution in [-0.4, -0.2) is 28.9 Å². The molecule has 0 saturated heterocycles. The van der Waals surface area contributed by atoms with Gasteiger partial charge in [-0.05, 0) is 56.8 Å². The number of hydrogen-bond acceptors (Lipinski definition) is 5. The Labute approximate surface area is 143 Å². The van der Waals surface area contributed by atoms with Crippen molar-refractivity contribution < 1.29 is 24.2 Å². The van der Waals surface area contributed by atoms with Crippen molar-refractivity contribution in [1.29, 1.82) is 0 Å². The maximum Gasteiger partial charge on any atom is 0.333 e. The van der Waals surface area contributed by atoms with Gasteiger partial charge in [0.1, 0.15) is 0 Å². The molecule has 0 spiro atoms. The Morgan fingerprint density at radius 2 is 1.92 bits per heavy atom. The second-order valence-electron chi connectivity index (χ2n) is 8.08. The fraction of sp³-hybridized carbons (Fsp3) is 0.789. The molecule has 4 fully saturated rings. The minimum Gasteiger partial charge on any atom is -0.425 e. The first-order chi connectivity index (χ1) is 11.4. The molecule has 1 N–H and O–H groups in total. The second-order valence-corrected chi connectivity index (χ2v) is 8.08. The zero-order valence-corrected chi connectivity index (χ0v) is 14.5. The topological polar surface area (TPSA) is 72.8 Å². The van der Waals surface area contributed by atoms with E-state index in [4.69, 9.17) is 9.47 Å². The van der Waals surface area contributed by atoms with Crippen LogP contribution in [0.4, 0.5) is 0 Å². The van der Waals surface area contributed by atoms with Crippen LogP contribution in [0.25, 0.3) is 0 Å². The molecule has 0 amide bonds. The van der Waals surface area contributed by atoms with Gasteiger partial charge in [0, 0.05) is 12.5 Å². The van der Waals surface area contributed by atoms with Gasteiger partial charge in [-0.2, -0.15) is 0 Å². The first-order valence-corrected chi connectivity index (χ1v) is 9.14. The standard InChI is InChI=1S/C19H28O5/c1-3-5-6-16(23-15(20)4-2)24-17(21)18-8-13-7-14(9-18)11-19(22,10-13)12-18/h4,13-14,16,22H,2-3,5-12H2,1H3. The molecule has 0 aromatic carbocycles. The van der Waals surface area contributed by atoms with Gasteiger partial charge < -0.3 is 14.6 Å². The Balaban J connectivity index is 1.70. The van der Waals surface area contributed by atoms with E-state index in [2.05, 4.69) is 6.58 Å². The molecule has 0 aromatic rings. The van der Waals surface area contributed by atoms with Crippen molar-refractivity contribution in [3.05, 3.63) is 12.7 Å². The van der Waals surface area contributed by atoms with Crippen molar-refractivity contribution in [2.45, 2.75) is 76.6 Å². The SMILES string of the molecule is C=CC(=O)OC(CCCC)OC(=O)C12CC3CC(CC(O)(C3)C1)C2. The van der Waals surface area contributed by atoms with Crippen LogP contribution in [0.3, 0.4) is 0 Å². The van der Waals surface area contributed by atoms with Crippen molar-refractivity contribution in [1.82, 2.24) is 0 Å². The van der Waals surface area contributed by atoms with E-state index in [1.165, 1.54) is 0 Å². The molecule has 4 bridgehead atoms. The van der Waals surface area contributed by atoms with E-state index >= 15 is 0 Å². The van der Waals surface area contributed by atoms with Gasteiger partial charge in [-0.1, -0.05) is 19.9 Å². The minimum absolute atomic E-state index is 0.298. The Morgan fingerprint density at radius 3 is 2.46 bits per heavy atom. The summed E-state index contributed by atoms with van der Waals surface area (Å²) < 4.78 is 10.8. The highest BCUT2D eigenvalue weighted by atomic mass is 16.7. The van der Waals surface area contributed by atoms with Crippen molar-refractivity contribution in [2.24, 2.45) is 17.3 Å². The molecule has 0 heterocycles. The molecule has 0 aliphatic heterocycles. The van der Waals surface area contributed by atoms with Gasteiger partial charge in [-0.15, -0.1) is 0 Å². The number of hydrogen-bond donors (Lipinski definition) is 1. The first kappa shape index (κ1) is 17.5. The van der Waals surface area contributed by atoms with E-state index in [0.717, 1.165) is 51.0 Å². The molecule has 4 aliphatic carbocycles. The summed E-state index contributed by atoms with van der Waals surface area (Å²) in [5.74, 6) is -0.0525. The fourth-order valence-corrected chi connectivity index (χ4v) is 5.39. The van der Waals surface area contributed by atoms with E-state index in [1.54, 1.807) is 0 Å². The number of rotatable bonds is 7. The molecule has 5 nitrogen and oxygen atoms in total. The number of carbonyl (C=O) groups excluding carboxylic acids is 2. The van der Waals surface area contributed by atoms with Gasteiger partial charge in [0.25, 0.3) is 0 Å². The Morgan fingerprint density at radius 1 is 1.25 bits per heavy atom. The molecule has 3 atom stereocenters. The average molecular weight is 336 g/mol. The Kier molecular flexibility index (Phi) is 4.73. The van der Waals surface area contributed by atoms with Crippen LogP contribution in [0, 0.1) is 17.3 Å². The quantitative estimate of drug-likeness (QED) is 0.439. The predicted octanol–water partition coefficient (Wildman–Crippen LogP) is 3.11. The highest BCUT2D eigenvalue weighted by molar-refractivity contribution is 5.82. The lowest BCUT2D eigenvalue weighted by atomic mass is 9.48. The Bertz CT molecular complexity index is 512. The lowest BCUT2D eigenvalue weighted by Gasteiger charge is -2.58. The highest BCUT2D eigenvalue weighted by Crippen LogP contribution is 2.62. The van der Waals surface area contributed by atoms with Crippen LogP contribution in [-0.2, 0) is 19.1 Å². The largest absolute Gasteiger partial charge is 0.425 e. The maximum atomic E-state index is 12.9. The van der Waals surface area contributed by atoms with Crippen LogP contribution < -0.4 is 0 Å². The molecule has 24 heavy (non-hydrogen) atoms. The lowest BCUT2D eigenvalue weighted by molar-refractivity contribution is -0.217. The summed E-state index contributed by atoms with van der Waals surface area (Å²) in [4.78, 5) is 24.4. The third-order valence-corrected chi connectivity index (χ3v) is 5.91. The summed E-state index contributed by atoms with van der Waals surface area (Å²) in [5, 5.41) is 10.8. The van der Waals surface area contributed by atoms with Gasteiger partial charge in [-0.3, -0.25) is 4.79 Å². The van der Waals surface area contributed by atoms with Crippen molar-refractivity contribution >= 4 is 11.9 Å². The zero-order chi connectivity index (χ0) is 17.4. The molecule has 0 aromatic heterocycles. The summed E-state index contributed by atoms with van der Waals surface area (Å²) >= 11 is 0. The summed E-state index contributed by atoms with van der Waals surface area (Å²) in [5.41, 5.74) is -1.30. The van der Waals surface area contributed by atoms with Gasteiger partial charge in [0.05, 0.1) is 11.0 Å². The normalized spacial score (nSPS) is 37.8. The van der Waals surface area contributed by atoms with E-state index in [0.29, 0.717) is 24.7 Å². The third-order valence-electron chi connectivity index (χ3n) is 5.91. The van der Waals surface area contributed by atoms with Crippen LogP contribution in [0.1, 0.15) is 64.7 Å². The highest BCUT2D eigenvalue weighted by Gasteiger charge is 2.61. The molecular weight excluding hydrogens is 308 g/mol. The molecule has 4 aliphatic rings. The molecule has 3 unspecified atom stereocenters. The number of unbranched alkanes of at least 4 members (excludes halogenated alkanes) is 1. The summed E-state index contributed by atoms with van der Waals surface area (Å²) in [6.07, 6.45) is 7.26. The predicted molar refractivity (Wildman–Crippen MR) is 87.8 cm³/mol. The first-order valence-electron chi connectivity index (χ1n) is 9.14. The second kappa shape index (κ2) is 6.51. The third kappa shape index (κ3) is 3.37. The summed E-state index contributed by atoms with van der Waals surface area (Å²) in [6, 6.07) is 0. The zero-order valence-electron chi connectivity index (χ0n) is 14.5. The van der Waals surface area contributed by atoms with Crippen molar-refractivity contribution in [3.8, 4) is 0 Å². The number of carbonyl (C=O) groups is 2. The van der Waals surface area contributed by atoms with Gasteiger partial charge in [0.15, 0.2) is 0 Å². The van der Waals surface area contributed by atoms with Crippen LogP contribution >= 0.6 is 0 Å². The molecule has 0 radical (unpaired) electrons. The molecule has 134 valence electrons. The summed E-state index contributed by atoms with van der Waals surface area (Å²) in [7, 11) is 0. The van der Waals surface area contributed by atoms with E-state index in [9.17, 15) is 14.7 Å². The number of esters is 2. The fourth-order valence-electron chi connectivity index (χ4n) is 5.39. The molecular formula is C19H28O5. The van der Waals surface area contributed by atoms with E-state index < -0.39 is 23.3 Å². The smallest absolute Gasteiger partial charge is 0.333 e. The molecule has 4 rings (SSSR count). The van der Waals surface area contributed by atoms with Crippen LogP contribution in [0.2, 0.25) is 0 Å². The van der Waals surface area contributed by atoms with Crippen molar-refractivity contribution in [2.75, 3.05) is 0 Å². The number of ether oxygens (including phenoxy) is 2. The van der Waals surface area contributed by atoms with Crippen molar-refractivity contribution in [3.63, 3.8) is 0 Å². The molecule has 4 saturated carbocycles. The van der Waals surface area contributed by atoms with Crippen LogP contribution in [0.5, 0.6) is 0 Å².